The van der Waals surface area contributed by atoms with Crippen molar-refractivity contribution in [1.82, 2.24) is 4.98 Å². The second-order valence-corrected chi connectivity index (χ2v) is 5.21. The van der Waals surface area contributed by atoms with Crippen molar-refractivity contribution >= 4 is 22.7 Å². The van der Waals surface area contributed by atoms with E-state index in [0.717, 1.165) is 39.3 Å². The molecule has 17 heavy (non-hydrogen) atoms. The Balaban J connectivity index is 2.30. The molecule has 0 saturated carbocycles. The fourth-order valence-electron chi connectivity index (χ4n) is 2.18. The van der Waals surface area contributed by atoms with Gasteiger partial charge in [0.2, 0.25) is 0 Å². The predicted octanol–water partition coefficient (Wildman–Crippen LogP) is 2.77. The van der Waals surface area contributed by atoms with Crippen molar-refractivity contribution in [2.24, 2.45) is 0 Å². The number of aromatic nitrogens is 1. The minimum absolute atomic E-state index is 0.385. The van der Waals surface area contributed by atoms with Crippen LogP contribution in [0.15, 0.2) is 29.3 Å². The maximum atomic E-state index is 10.1. The molecule has 1 aliphatic rings. The number of methoxy groups -OCH3 is 1. The van der Waals surface area contributed by atoms with Crippen LogP contribution in [0.1, 0.15) is 18.1 Å². The third kappa shape index (κ3) is 1.77. The first-order valence-corrected chi connectivity index (χ1v) is 6.55. The fraction of sp³-hybridized carbons (Fsp3) is 0.308. The van der Waals surface area contributed by atoms with Gasteiger partial charge in [0.1, 0.15) is 5.75 Å². The van der Waals surface area contributed by atoms with Crippen LogP contribution in [-0.2, 0) is 0 Å². The Labute approximate surface area is 104 Å². The average Bonchev–Trinajstić information content (AvgIpc) is 2.38. The van der Waals surface area contributed by atoms with E-state index in [2.05, 4.69) is 4.98 Å². The third-order valence-electron chi connectivity index (χ3n) is 3.06. The van der Waals surface area contributed by atoms with Gasteiger partial charge in [0.15, 0.2) is 0 Å². The van der Waals surface area contributed by atoms with E-state index >= 15 is 0 Å². The highest BCUT2D eigenvalue weighted by Crippen LogP contribution is 2.40. The van der Waals surface area contributed by atoms with Crippen molar-refractivity contribution in [2.45, 2.75) is 17.4 Å². The molecule has 1 aliphatic heterocycles. The Hall–Kier alpha value is -1.26. The third-order valence-corrected chi connectivity index (χ3v) is 4.14. The molecule has 1 atom stereocenters. The first-order chi connectivity index (χ1) is 8.29. The van der Waals surface area contributed by atoms with Gasteiger partial charge in [-0.3, -0.25) is 4.98 Å². The highest BCUT2D eigenvalue weighted by atomic mass is 32.2. The van der Waals surface area contributed by atoms with Gasteiger partial charge in [-0.2, -0.15) is 0 Å². The first-order valence-electron chi connectivity index (χ1n) is 5.57. The smallest absolute Gasteiger partial charge is 0.119 e. The minimum Gasteiger partial charge on any atom is -0.497 e. The second kappa shape index (κ2) is 4.20. The van der Waals surface area contributed by atoms with E-state index < -0.39 is 0 Å². The fourth-order valence-corrected chi connectivity index (χ4v) is 3.27. The van der Waals surface area contributed by atoms with Crippen LogP contribution in [0.4, 0.5) is 0 Å². The van der Waals surface area contributed by atoms with Crippen molar-refractivity contribution in [3.8, 4) is 5.75 Å². The number of benzene rings is 1. The van der Waals surface area contributed by atoms with Gasteiger partial charge in [0.05, 0.1) is 18.7 Å². The van der Waals surface area contributed by atoms with E-state index in [9.17, 15) is 5.11 Å². The zero-order valence-corrected chi connectivity index (χ0v) is 10.3. The summed E-state index contributed by atoms with van der Waals surface area (Å²) in [6.45, 7) is 0. The minimum atomic E-state index is -0.385. The van der Waals surface area contributed by atoms with Gasteiger partial charge in [0, 0.05) is 27.8 Å². The Morgan fingerprint density at radius 1 is 1.47 bits per heavy atom. The Kier molecular flexibility index (Phi) is 2.68. The molecule has 1 aromatic heterocycles. The van der Waals surface area contributed by atoms with E-state index in [4.69, 9.17) is 4.74 Å². The molecule has 88 valence electrons. The van der Waals surface area contributed by atoms with Crippen molar-refractivity contribution in [3.05, 3.63) is 30.0 Å². The number of hydrogen-bond donors (Lipinski definition) is 1. The average molecular weight is 247 g/mol. The number of pyridine rings is 1. The SMILES string of the molecule is COc1ccc2ncc3c(c2c1)C(O)CCS3. The number of thioether (sulfide) groups is 1. The predicted molar refractivity (Wildman–Crippen MR) is 68.6 cm³/mol. The topological polar surface area (TPSA) is 42.4 Å². The summed E-state index contributed by atoms with van der Waals surface area (Å²) < 4.78 is 5.23. The van der Waals surface area contributed by atoms with E-state index in [1.54, 1.807) is 18.9 Å². The molecule has 2 heterocycles. The number of hydrogen-bond acceptors (Lipinski definition) is 4. The lowest BCUT2D eigenvalue weighted by atomic mass is 10.0. The van der Waals surface area contributed by atoms with Crippen molar-refractivity contribution in [1.29, 1.82) is 0 Å². The maximum absolute atomic E-state index is 10.1. The van der Waals surface area contributed by atoms with Crippen molar-refractivity contribution in [2.75, 3.05) is 12.9 Å². The summed E-state index contributed by atoms with van der Waals surface area (Å²) in [6, 6.07) is 5.78. The largest absolute Gasteiger partial charge is 0.497 e. The van der Waals surface area contributed by atoms with Gasteiger partial charge in [-0.1, -0.05) is 0 Å². The summed E-state index contributed by atoms with van der Waals surface area (Å²) >= 11 is 1.76. The van der Waals surface area contributed by atoms with Crippen molar-refractivity contribution in [3.63, 3.8) is 0 Å². The normalized spacial score (nSPS) is 19.1. The number of nitrogens with zero attached hydrogens (tertiary/aromatic N) is 1. The van der Waals surface area contributed by atoms with Gasteiger partial charge < -0.3 is 9.84 Å². The van der Waals surface area contributed by atoms with Gasteiger partial charge in [-0.25, -0.2) is 0 Å². The summed E-state index contributed by atoms with van der Waals surface area (Å²) in [4.78, 5) is 5.50. The van der Waals surface area contributed by atoms with E-state index in [1.807, 2.05) is 24.4 Å². The van der Waals surface area contributed by atoms with Gasteiger partial charge >= 0.3 is 0 Å². The lowest BCUT2D eigenvalue weighted by molar-refractivity contribution is 0.171. The number of ether oxygens (including phenoxy) is 1. The molecule has 1 N–H and O–H groups in total. The van der Waals surface area contributed by atoms with Crippen LogP contribution in [0.2, 0.25) is 0 Å². The monoisotopic (exact) mass is 247 g/mol. The second-order valence-electron chi connectivity index (χ2n) is 4.07. The van der Waals surface area contributed by atoms with Gasteiger partial charge in [-0.05, 0) is 24.6 Å². The molecule has 0 spiro atoms. The van der Waals surface area contributed by atoms with Crippen LogP contribution >= 0.6 is 11.8 Å². The summed E-state index contributed by atoms with van der Waals surface area (Å²) in [5.74, 6) is 1.75. The molecule has 1 aromatic carbocycles. The first kappa shape index (κ1) is 10.9. The van der Waals surface area contributed by atoms with Crippen LogP contribution in [0.25, 0.3) is 10.9 Å². The van der Waals surface area contributed by atoms with Crippen molar-refractivity contribution < 1.29 is 9.84 Å². The highest BCUT2D eigenvalue weighted by Gasteiger charge is 2.21. The quantitative estimate of drug-likeness (QED) is 0.841. The maximum Gasteiger partial charge on any atom is 0.119 e. The zero-order valence-electron chi connectivity index (χ0n) is 9.51. The molecule has 4 heteroatoms. The van der Waals surface area contributed by atoms with Crippen LogP contribution in [0.3, 0.4) is 0 Å². The standard InChI is InChI=1S/C13H13NO2S/c1-16-8-2-3-10-9(6-8)13-11(15)4-5-17-12(13)7-14-10/h2-3,6-7,11,15H,4-5H2,1H3. The number of aliphatic hydroxyl groups is 1. The summed E-state index contributed by atoms with van der Waals surface area (Å²) in [7, 11) is 1.65. The number of fused-ring (bicyclic) bond motifs is 3. The van der Waals surface area contributed by atoms with E-state index in [0.29, 0.717) is 0 Å². The van der Waals surface area contributed by atoms with Crippen LogP contribution in [0.5, 0.6) is 5.75 Å². The molecular formula is C13H13NO2S. The highest BCUT2D eigenvalue weighted by molar-refractivity contribution is 7.99. The van der Waals surface area contributed by atoms with E-state index in [1.165, 1.54) is 0 Å². The molecule has 0 fully saturated rings. The lowest BCUT2D eigenvalue weighted by Crippen LogP contribution is -2.07. The summed E-state index contributed by atoms with van der Waals surface area (Å²) in [5, 5.41) is 11.1. The molecule has 3 nitrogen and oxygen atoms in total. The Bertz CT molecular complexity index is 565. The number of aliphatic hydroxyl groups excluding tert-OH is 1. The molecular weight excluding hydrogens is 234 g/mol. The molecule has 0 saturated heterocycles. The number of rotatable bonds is 1. The van der Waals surface area contributed by atoms with Gasteiger partial charge in [0.25, 0.3) is 0 Å². The Morgan fingerprint density at radius 3 is 3.18 bits per heavy atom. The van der Waals surface area contributed by atoms with Crippen LogP contribution in [-0.4, -0.2) is 23.0 Å². The van der Waals surface area contributed by atoms with Crippen LogP contribution < -0.4 is 4.74 Å². The lowest BCUT2D eigenvalue weighted by Gasteiger charge is -2.22. The molecule has 2 aromatic rings. The molecule has 0 amide bonds. The van der Waals surface area contributed by atoms with Crippen LogP contribution in [0, 0.1) is 0 Å². The molecule has 0 aliphatic carbocycles. The van der Waals surface area contributed by atoms with E-state index in [-0.39, 0.29) is 6.10 Å². The molecule has 3 rings (SSSR count). The summed E-state index contributed by atoms with van der Waals surface area (Å²) in [6.07, 6.45) is 2.27. The Morgan fingerprint density at radius 2 is 2.35 bits per heavy atom. The molecule has 1 unspecified atom stereocenters. The zero-order chi connectivity index (χ0) is 11.8. The molecule has 0 bridgehead atoms. The summed E-state index contributed by atoms with van der Waals surface area (Å²) in [5.41, 5.74) is 1.91. The molecule has 0 radical (unpaired) electrons. The van der Waals surface area contributed by atoms with Gasteiger partial charge in [-0.15, -0.1) is 11.8 Å².